The summed E-state index contributed by atoms with van der Waals surface area (Å²) in [6.07, 6.45) is 4.92. The van der Waals surface area contributed by atoms with Crippen LogP contribution in [0.15, 0.2) is 61.1 Å². The van der Waals surface area contributed by atoms with Crippen LogP contribution < -0.4 is 10.6 Å². The first-order valence-electron chi connectivity index (χ1n) is 7.06. The smallest absolute Gasteiger partial charge is 0.313 e. The molecule has 3 aromatic rings. The monoisotopic (exact) mass is 306 g/mol. The number of hydrogen-bond donors (Lipinski definition) is 2. The highest BCUT2D eigenvalue weighted by Crippen LogP contribution is 2.20. The highest BCUT2D eigenvalue weighted by atomic mass is 16.2. The van der Waals surface area contributed by atoms with Crippen LogP contribution in [0.25, 0.3) is 10.9 Å². The van der Waals surface area contributed by atoms with E-state index in [9.17, 15) is 9.59 Å². The Balaban J connectivity index is 1.67. The maximum Gasteiger partial charge on any atom is 0.313 e. The van der Waals surface area contributed by atoms with Gasteiger partial charge in [0.25, 0.3) is 0 Å². The van der Waals surface area contributed by atoms with E-state index in [-0.39, 0.29) is 6.54 Å². The molecule has 6 heteroatoms. The Labute approximate surface area is 132 Å². The zero-order valence-corrected chi connectivity index (χ0v) is 12.2. The van der Waals surface area contributed by atoms with Gasteiger partial charge in [0.2, 0.25) is 0 Å². The average Bonchev–Trinajstić information content (AvgIpc) is 2.61. The quantitative estimate of drug-likeness (QED) is 0.724. The van der Waals surface area contributed by atoms with Crippen LogP contribution in [0, 0.1) is 0 Å². The molecule has 0 saturated carbocycles. The molecule has 0 unspecified atom stereocenters. The lowest BCUT2D eigenvalue weighted by Gasteiger charge is -2.08. The summed E-state index contributed by atoms with van der Waals surface area (Å²) >= 11 is 0. The summed E-state index contributed by atoms with van der Waals surface area (Å²) in [6.45, 7) is 0.244. The first-order chi connectivity index (χ1) is 11.2. The van der Waals surface area contributed by atoms with Gasteiger partial charge in [-0.3, -0.25) is 19.6 Å². The van der Waals surface area contributed by atoms with Gasteiger partial charge in [-0.1, -0.05) is 24.3 Å². The molecule has 0 atom stereocenters. The van der Waals surface area contributed by atoms with Crippen molar-refractivity contribution < 1.29 is 9.59 Å². The summed E-state index contributed by atoms with van der Waals surface area (Å²) < 4.78 is 0. The van der Waals surface area contributed by atoms with Crippen LogP contribution in [0.2, 0.25) is 0 Å². The molecule has 0 fully saturated rings. The maximum absolute atomic E-state index is 12.0. The Morgan fingerprint density at radius 2 is 1.78 bits per heavy atom. The van der Waals surface area contributed by atoms with Crippen LogP contribution >= 0.6 is 0 Å². The minimum atomic E-state index is -0.730. The fourth-order valence-electron chi connectivity index (χ4n) is 2.15. The first-order valence-corrected chi connectivity index (χ1v) is 7.06. The highest BCUT2D eigenvalue weighted by Gasteiger charge is 2.14. The van der Waals surface area contributed by atoms with E-state index in [4.69, 9.17) is 0 Å². The van der Waals surface area contributed by atoms with Crippen molar-refractivity contribution in [3.8, 4) is 0 Å². The van der Waals surface area contributed by atoms with Gasteiger partial charge in [0.05, 0.1) is 11.2 Å². The second kappa shape index (κ2) is 6.65. The molecule has 3 rings (SSSR count). The van der Waals surface area contributed by atoms with Crippen LogP contribution in [0.5, 0.6) is 0 Å². The van der Waals surface area contributed by atoms with E-state index < -0.39 is 11.8 Å². The van der Waals surface area contributed by atoms with Crippen molar-refractivity contribution in [2.75, 3.05) is 5.32 Å². The van der Waals surface area contributed by atoms with Crippen LogP contribution in [0.3, 0.4) is 0 Å². The molecule has 23 heavy (non-hydrogen) atoms. The van der Waals surface area contributed by atoms with Crippen molar-refractivity contribution in [3.05, 3.63) is 66.6 Å². The number of aromatic nitrogens is 2. The summed E-state index contributed by atoms with van der Waals surface area (Å²) in [7, 11) is 0. The number of fused-ring (bicyclic) bond motifs is 1. The molecule has 2 N–H and O–H groups in total. The van der Waals surface area contributed by atoms with E-state index >= 15 is 0 Å². The van der Waals surface area contributed by atoms with Gasteiger partial charge < -0.3 is 10.6 Å². The molecule has 2 heterocycles. The van der Waals surface area contributed by atoms with Gasteiger partial charge in [0.1, 0.15) is 0 Å². The fraction of sp³-hybridized carbons (Fsp3) is 0.0588. The van der Waals surface area contributed by atoms with Gasteiger partial charge in [-0.25, -0.2) is 0 Å². The number of pyridine rings is 2. The third-order valence-corrected chi connectivity index (χ3v) is 3.26. The van der Waals surface area contributed by atoms with E-state index in [1.807, 2.05) is 24.3 Å². The molecular formula is C17H14N4O2. The van der Waals surface area contributed by atoms with Crippen LogP contribution in [-0.4, -0.2) is 21.8 Å². The van der Waals surface area contributed by atoms with Crippen molar-refractivity contribution in [2.45, 2.75) is 6.54 Å². The summed E-state index contributed by atoms with van der Waals surface area (Å²) in [4.78, 5) is 32.1. The Morgan fingerprint density at radius 3 is 2.61 bits per heavy atom. The summed E-state index contributed by atoms with van der Waals surface area (Å²) in [5.41, 5.74) is 1.97. The van der Waals surface area contributed by atoms with Crippen LogP contribution in [0.4, 0.5) is 5.69 Å². The predicted octanol–water partition coefficient (Wildman–Crippen LogP) is 1.88. The van der Waals surface area contributed by atoms with Gasteiger partial charge in [-0.05, 0) is 23.8 Å². The Bertz CT molecular complexity index is 844. The fourth-order valence-corrected chi connectivity index (χ4v) is 2.15. The van der Waals surface area contributed by atoms with Crippen molar-refractivity contribution in [1.82, 2.24) is 15.3 Å². The predicted molar refractivity (Wildman–Crippen MR) is 86.5 cm³/mol. The Morgan fingerprint density at radius 1 is 0.957 bits per heavy atom. The van der Waals surface area contributed by atoms with E-state index in [1.165, 1.54) is 0 Å². The number of anilines is 1. The van der Waals surface area contributed by atoms with Crippen LogP contribution in [0.1, 0.15) is 5.56 Å². The van der Waals surface area contributed by atoms with Gasteiger partial charge in [0.15, 0.2) is 0 Å². The second-order valence-electron chi connectivity index (χ2n) is 4.88. The molecule has 0 aliphatic carbocycles. The lowest BCUT2D eigenvalue weighted by molar-refractivity contribution is -0.136. The number of rotatable bonds is 3. The van der Waals surface area contributed by atoms with Crippen LogP contribution in [-0.2, 0) is 16.1 Å². The van der Waals surface area contributed by atoms with Gasteiger partial charge in [-0.2, -0.15) is 0 Å². The molecule has 0 bridgehead atoms. The third kappa shape index (κ3) is 3.49. The molecule has 114 valence electrons. The molecular weight excluding hydrogens is 292 g/mol. The SMILES string of the molecule is O=C(NCc1cccnc1)C(=O)Nc1cccc2cccnc12. The lowest BCUT2D eigenvalue weighted by Crippen LogP contribution is -2.35. The molecule has 0 spiro atoms. The van der Waals surface area contributed by atoms with Crippen molar-refractivity contribution in [1.29, 1.82) is 0 Å². The van der Waals surface area contributed by atoms with Gasteiger partial charge in [-0.15, -0.1) is 0 Å². The minimum Gasteiger partial charge on any atom is -0.344 e. The van der Waals surface area contributed by atoms with E-state index in [0.717, 1.165) is 10.9 Å². The molecule has 2 amide bonds. The molecule has 1 aromatic carbocycles. The maximum atomic E-state index is 12.0. The number of nitrogens with one attached hydrogen (secondary N) is 2. The van der Waals surface area contributed by atoms with E-state index in [2.05, 4.69) is 20.6 Å². The zero-order valence-electron chi connectivity index (χ0n) is 12.2. The number of carbonyl (C=O) groups is 2. The topological polar surface area (TPSA) is 84.0 Å². The number of carbonyl (C=O) groups excluding carboxylic acids is 2. The summed E-state index contributed by atoms with van der Waals surface area (Å²) in [6, 6.07) is 12.7. The van der Waals surface area contributed by atoms with E-state index in [0.29, 0.717) is 11.2 Å². The number of nitrogens with zero attached hydrogens (tertiary/aromatic N) is 2. The largest absolute Gasteiger partial charge is 0.344 e. The standard InChI is InChI=1S/C17H14N4O2/c22-16(20-11-12-4-2-8-18-10-12)17(23)21-14-7-1-5-13-6-3-9-19-15(13)14/h1-10H,11H2,(H,20,22)(H,21,23). The van der Waals surface area contributed by atoms with Gasteiger partial charge >= 0.3 is 11.8 Å². The van der Waals surface area contributed by atoms with E-state index in [1.54, 1.807) is 36.8 Å². The normalized spacial score (nSPS) is 10.3. The van der Waals surface area contributed by atoms with Gasteiger partial charge in [0, 0.05) is 30.5 Å². The average molecular weight is 306 g/mol. The summed E-state index contributed by atoms with van der Waals surface area (Å²) in [5, 5.41) is 6.04. The molecule has 2 aromatic heterocycles. The Hall–Kier alpha value is -3.28. The molecule has 0 aliphatic heterocycles. The lowest BCUT2D eigenvalue weighted by atomic mass is 10.2. The molecule has 6 nitrogen and oxygen atoms in total. The van der Waals surface area contributed by atoms with Crippen molar-refractivity contribution in [2.24, 2.45) is 0 Å². The molecule has 0 radical (unpaired) electrons. The molecule has 0 aliphatic rings. The highest BCUT2D eigenvalue weighted by molar-refractivity contribution is 6.40. The Kier molecular flexibility index (Phi) is 4.24. The molecule has 0 saturated heterocycles. The third-order valence-electron chi connectivity index (χ3n) is 3.26. The number of benzene rings is 1. The van der Waals surface area contributed by atoms with Crippen molar-refractivity contribution >= 4 is 28.4 Å². The minimum absolute atomic E-state index is 0.244. The number of para-hydroxylation sites is 1. The second-order valence-corrected chi connectivity index (χ2v) is 4.88. The number of amides is 2. The zero-order chi connectivity index (χ0) is 16.1. The number of hydrogen-bond acceptors (Lipinski definition) is 4. The summed E-state index contributed by atoms with van der Waals surface area (Å²) in [5.74, 6) is -1.44. The van der Waals surface area contributed by atoms with Crippen molar-refractivity contribution in [3.63, 3.8) is 0 Å². The first kappa shape index (κ1) is 14.6.